The van der Waals surface area contributed by atoms with Crippen LogP contribution in [-0.2, 0) is 34.4 Å². The third-order valence-corrected chi connectivity index (χ3v) is 5.87. The average molecular weight is 470 g/mol. The Balaban J connectivity index is 2.26. The monoisotopic (exact) mass is 470 g/mol. The normalized spacial score (nSPS) is 44.6. The predicted octanol–water partition coefficient (Wildman–Crippen LogP) is -5.61. The highest BCUT2D eigenvalue weighted by Crippen LogP contribution is 2.29. The molecule has 2 heterocycles. The second-order valence-corrected chi connectivity index (χ2v) is 9.65. The number of hydrogen-bond acceptors (Lipinski definition) is 13. The van der Waals surface area contributed by atoms with Crippen molar-refractivity contribution in [2.75, 3.05) is 11.5 Å². The Bertz CT molecular complexity index is 768. The highest BCUT2D eigenvalue weighted by Gasteiger charge is 2.51. The molecule has 2 aliphatic heterocycles. The summed E-state index contributed by atoms with van der Waals surface area (Å²) in [5, 5.41) is 59.0. The van der Waals surface area contributed by atoms with Gasteiger partial charge in [-0.05, 0) is 0 Å². The van der Waals surface area contributed by atoms with Crippen molar-refractivity contribution < 1.29 is 70.8 Å². The molecule has 0 bridgehead atoms. The van der Waals surface area contributed by atoms with Crippen molar-refractivity contribution in [3.8, 4) is 0 Å². The van der Waals surface area contributed by atoms with E-state index in [-0.39, 0.29) is 0 Å². The molecule has 10 atom stereocenters. The van der Waals surface area contributed by atoms with Gasteiger partial charge in [0.05, 0.1) is 0 Å². The van der Waals surface area contributed by atoms with Crippen molar-refractivity contribution in [3.63, 3.8) is 0 Å². The molecule has 0 aromatic rings. The summed E-state index contributed by atoms with van der Waals surface area (Å²) >= 11 is 0. The maximum Gasteiger partial charge on any atom is 0.267 e. The first-order valence-corrected chi connectivity index (χ1v) is 11.3. The number of hydrogen-bond donors (Lipinski definition) is 8. The zero-order chi connectivity index (χ0) is 22.3. The summed E-state index contributed by atoms with van der Waals surface area (Å²) in [5.74, 6) is -2.43. The molecule has 0 spiro atoms. The van der Waals surface area contributed by atoms with Gasteiger partial charge in [0.15, 0.2) is 12.6 Å². The van der Waals surface area contributed by atoms with Crippen molar-refractivity contribution in [1.29, 1.82) is 0 Å². The Morgan fingerprint density at radius 2 is 1.17 bits per heavy atom. The summed E-state index contributed by atoms with van der Waals surface area (Å²) < 4.78 is 77.2. The van der Waals surface area contributed by atoms with Crippen LogP contribution in [0.1, 0.15) is 0 Å². The van der Waals surface area contributed by atoms with Crippen LogP contribution < -0.4 is 0 Å². The molecule has 0 saturated carbocycles. The minimum Gasteiger partial charge on any atom is -0.388 e. The summed E-state index contributed by atoms with van der Waals surface area (Å²) in [6, 6.07) is 0. The van der Waals surface area contributed by atoms with Crippen LogP contribution in [0.4, 0.5) is 0 Å². The Morgan fingerprint density at radius 3 is 1.69 bits per heavy atom. The first kappa shape index (κ1) is 24.7. The molecule has 0 amide bonds. The maximum absolute atomic E-state index is 11.1. The largest absolute Gasteiger partial charge is 0.388 e. The van der Waals surface area contributed by atoms with Gasteiger partial charge in [0, 0.05) is 0 Å². The molecular formula is C12H22O15S2. The fraction of sp³-hybridized carbons (Fsp3) is 1.00. The van der Waals surface area contributed by atoms with Crippen molar-refractivity contribution in [2.24, 2.45) is 0 Å². The van der Waals surface area contributed by atoms with Crippen LogP contribution in [0.2, 0.25) is 0 Å². The topological polar surface area (TPSA) is 258 Å². The van der Waals surface area contributed by atoms with Crippen molar-refractivity contribution in [2.45, 2.75) is 61.4 Å². The summed E-state index contributed by atoms with van der Waals surface area (Å²) in [6.07, 6.45) is -19.6. The molecule has 2 rings (SSSR count). The van der Waals surface area contributed by atoms with Crippen molar-refractivity contribution in [1.82, 2.24) is 0 Å². The second-order valence-electron chi connectivity index (χ2n) is 6.66. The quantitative estimate of drug-likeness (QED) is 0.168. The molecule has 17 heteroatoms. The highest BCUT2D eigenvalue weighted by molar-refractivity contribution is 7.86. The predicted molar refractivity (Wildman–Crippen MR) is 87.3 cm³/mol. The van der Waals surface area contributed by atoms with Gasteiger partial charge in [0.2, 0.25) is 0 Å². The second kappa shape index (κ2) is 8.91. The van der Waals surface area contributed by atoms with Gasteiger partial charge in [-0.1, -0.05) is 0 Å². The molecule has 2 saturated heterocycles. The Hall–Kier alpha value is -0.540. The average Bonchev–Trinajstić information content (AvgIpc) is 2.55. The van der Waals surface area contributed by atoms with E-state index in [0.717, 1.165) is 0 Å². The van der Waals surface area contributed by atoms with Crippen LogP contribution >= 0.6 is 0 Å². The fourth-order valence-corrected chi connectivity index (χ4v) is 4.33. The van der Waals surface area contributed by atoms with Gasteiger partial charge in [0.25, 0.3) is 20.2 Å². The van der Waals surface area contributed by atoms with E-state index in [1.54, 1.807) is 0 Å². The van der Waals surface area contributed by atoms with Crippen LogP contribution in [0.15, 0.2) is 0 Å². The molecule has 0 unspecified atom stereocenters. The minimum absolute atomic E-state index is 1.21. The number of rotatable bonds is 6. The SMILES string of the molecule is O=S(=O)(O)C[C@H]1O[C@@H](O[C@H]2[C@H](O)[C@@H](O)[C@H](O)O[C@@H]2CS(=O)(=O)O)[C@H](O)[C@@H](O)[C@H]1O. The first-order chi connectivity index (χ1) is 13.1. The van der Waals surface area contributed by atoms with Gasteiger partial charge in [-0.15, -0.1) is 0 Å². The minimum atomic E-state index is -4.74. The van der Waals surface area contributed by atoms with E-state index >= 15 is 0 Å². The zero-order valence-corrected chi connectivity index (χ0v) is 16.1. The molecule has 8 N–H and O–H groups in total. The van der Waals surface area contributed by atoms with Gasteiger partial charge in [-0.3, -0.25) is 9.11 Å². The maximum atomic E-state index is 11.1. The van der Waals surface area contributed by atoms with Gasteiger partial charge < -0.3 is 44.8 Å². The number of aliphatic hydroxyl groups excluding tert-OH is 6. The van der Waals surface area contributed by atoms with Gasteiger partial charge >= 0.3 is 0 Å². The molecule has 0 aliphatic carbocycles. The van der Waals surface area contributed by atoms with E-state index in [0.29, 0.717) is 0 Å². The summed E-state index contributed by atoms with van der Waals surface area (Å²) in [4.78, 5) is 0. The lowest BCUT2D eigenvalue weighted by atomic mass is 9.97. The van der Waals surface area contributed by atoms with Gasteiger partial charge in [0.1, 0.15) is 60.3 Å². The number of aliphatic hydroxyl groups is 6. The molecule has 15 nitrogen and oxygen atoms in total. The lowest BCUT2D eigenvalue weighted by Crippen LogP contribution is -2.64. The summed E-state index contributed by atoms with van der Waals surface area (Å²) in [7, 11) is -9.45. The third kappa shape index (κ3) is 6.23. The molecule has 0 radical (unpaired) electrons. The lowest BCUT2D eigenvalue weighted by Gasteiger charge is -2.45. The smallest absolute Gasteiger partial charge is 0.267 e. The molecule has 2 fully saturated rings. The zero-order valence-electron chi connectivity index (χ0n) is 14.4. The first-order valence-electron chi connectivity index (χ1n) is 8.06. The number of ether oxygens (including phenoxy) is 3. The van der Waals surface area contributed by atoms with E-state index in [2.05, 4.69) is 0 Å². The van der Waals surface area contributed by atoms with E-state index in [1.165, 1.54) is 0 Å². The molecule has 2 aliphatic rings. The summed E-state index contributed by atoms with van der Waals surface area (Å²) in [6.45, 7) is 0. The van der Waals surface area contributed by atoms with E-state index in [9.17, 15) is 47.5 Å². The molecular weight excluding hydrogens is 448 g/mol. The van der Waals surface area contributed by atoms with Crippen molar-refractivity contribution >= 4 is 20.2 Å². The molecule has 29 heavy (non-hydrogen) atoms. The third-order valence-electron chi connectivity index (χ3n) is 4.37. The van der Waals surface area contributed by atoms with E-state index in [4.69, 9.17) is 23.3 Å². The molecule has 0 aromatic heterocycles. The van der Waals surface area contributed by atoms with Gasteiger partial charge in [-0.2, -0.15) is 16.8 Å². The van der Waals surface area contributed by atoms with Crippen LogP contribution in [0.3, 0.4) is 0 Å². The van der Waals surface area contributed by atoms with Crippen LogP contribution in [-0.4, -0.2) is 129 Å². The van der Waals surface area contributed by atoms with Crippen LogP contribution in [0, 0.1) is 0 Å². The lowest BCUT2D eigenvalue weighted by molar-refractivity contribution is -0.347. The summed E-state index contributed by atoms with van der Waals surface area (Å²) in [5.41, 5.74) is 0. The Labute approximate surface area is 164 Å². The van der Waals surface area contributed by atoms with E-state index < -0.39 is 93.2 Å². The molecule has 0 aromatic carbocycles. The Kier molecular flexibility index (Phi) is 7.59. The molecule has 172 valence electrons. The van der Waals surface area contributed by atoms with Crippen LogP contribution in [0.25, 0.3) is 0 Å². The highest BCUT2D eigenvalue weighted by atomic mass is 32.2. The van der Waals surface area contributed by atoms with E-state index in [1.807, 2.05) is 0 Å². The van der Waals surface area contributed by atoms with Crippen molar-refractivity contribution in [3.05, 3.63) is 0 Å². The fourth-order valence-electron chi connectivity index (χ4n) is 2.96. The standard InChI is InChI=1S/C12H22O15S2/c13-5-3(1-28(19,20)21)26-12(9(17)6(5)14)27-10-4(2-29(22,23)24)25-11(18)8(16)7(10)15/h3-18H,1-2H2,(H,19,20,21)(H,22,23,24)/t3-,4-,5+,6+,7-,8-,9-,10-,11-,12+/m1/s1. The van der Waals surface area contributed by atoms with Crippen LogP contribution in [0.5, 0.6) is 0 Å². The Morgan fingerprint density at radius 1 is 0.655 bits per heavy atom. The van der Waals surface area contributed by atoms with Gasteiger partial charge in [-0.25, -0.2) is 0 Å².